The van der Waals surface area contributed by atoms with Gasteiger partial charge in [-0.05, 0) is 64.1 Å². The van der Waals surface area contributed by atoms with Crippen LogP contribution in [0.25, 0.3) is 0 Å². The van der Waals surface area contributed by atoms with Crippen LogP contribution in [0.5, 0.6) is 0 Å². The van der Waals surface area contributed by atoms with E-state index in [4.69, 9.17) is 0 Å². The van der Waals surface area contributed by atoms with Crippen LogP contribution in [0, 0.1) is 0 Å². The molecule has 1 aliphatic carbocycles. The van der Waals surface area contributed by atoms with Crippen molar-refractivity contribution < 1.29 is 0 Å². The molecule has 1 heterocycles. The first kappa shape index (κ1) is 16.0. The topological polar surface area (TPSA) is 37.0 Å². The molecule has 0 aromatic carbocycles. The number of pyridine rings is 1. The van der Waals surface area contributed by atoms with Crippen LogP contribution in [0.15, 0.2) is 18.3 Å². The molecule has 1 aromatic heterocycles. The number of aromatic nitrogens is 1. The molecule has 112 valence electrons. The van der Waals surface area contributed by atoms with E-state index in [-0.39, 0.29) is 4.75 Å². The van der Waals surface area contributed by atoms with Gasteiger partial charge >= 0.3 is 0 Å². The molecule has 3 nitrogen and oxygen atoms in total. The SMILES string of the molecule is CCC(NSC(C)(C)C)c1cc(NSC2CC2)ccn1. The summed E-state index contributed by atoms with van der Waals surface area (Å²) in [5.74, 6) is 0. The fourth-order valence-electron chi connectivity index (χ4n) is 1.64. The fraction of sp³-hybridized carbons (Fsp3) is 0.667. The maximum Gasteiger partial charge on any atom is 0.0602 e. The molecule has 1 aliphatic rings. The lowest BCUT2D eigenvalue weighted by Gasteiger charge is -2.23. The summed E-state index contributed by atoms with van der Waals surface area (Å²) in [4.78, 5) is 4.53. The zero-order valence-electron chi connectivity index (χ0n) is 12.8. The second-order valence-electron chi connectivity index (χ2n) is 6.18. The maximum absolute atomic E-state index is 4.53. The van der Waals surface area contributed by atoms with Gasteiger partial charge in [0.05, 0.1) is 11.7 Å². The third-order valence-electron chi connectivity index (χ3n) is 2.92. The lowest BCUT2D eigenvalue weighted by molar-refractivity contribution is 0.624. The van der Waals surface area contributed by atoms with Gasteiger partial charge in [0, 0.05) is 21.9 Å². The largest absolute Gasteiger partial charge is 0.329 e. The van der Waals surface area contributed by atoms with E-state index in [1.807, 2.05) is 24.2 Å². The van der Waals surface area contributed by atoms with Crippen molar-refractivity contribution in [3.05, 3.63) is 24.0 Å². The molecule has 1 saturated carbocycles. The lowest BCUT2D eigenvalue weighted by atomic mass is 10.1. The van der Waals surface area contributed by atoms with E-state index in [1.165, 1.54) is 12.8 Å². The smallest absolute Gasteiger partial charge is 0.0602 e. The Balaban J connectivity index is 1.95. The van der Waals surface area contributed by atoms with Crippen molar-refractivity contribution in [1.82, 2.24) is 9.71 Å². The van der Waals surface area contributed by atoms with Gasteiger partial charge in [0.1, 0.15) is 0 Å². The second kappa shape index (κ2) is 7.05. The number of rotatable bonds is 7. The van der Waals surface area contributed by atoms with Gasteiger partial charge in [-0.3, -0.25) is 9.71 Å². The van der Waals surface area contributed by atoms with Crippen molar-refractivity contribution >= 4 is 29.6 Å². The summed E-state index contributed by atoms with van der Waals surface area (Å²) in [6.07, 6.45) is 5.63. The highest BCUT2D eigenvalue weighted by molar-refractivity contribution is 8.01. The van der Waals surface area contributed by atoms with E-state index < -0.39 is 0 Å². The summed E-state index contributed by atoms with van der Waals surface area (Å²) in [6.45, 7) is 8.85. The van der Waals surface area contributed by atoms with E-state index in [9.17, 15) is 0 Å². The zero-order chi connectivity index (χ0) is 14.6. The molecule has 0 saturated heterocycles. The van der Waals surface area contributed by atoms with Gasteiger partial charge in [0.25, 0.3) is 0 Å². The van der Waals surface area contributed by atoms with Crippen molar-refractivity contribution in [3.63, 3.8) is 0 Å². The van der Waals surface area contributed by atoms with Gasteiger partial charge in [-0.15, -0.1) is 0 Å². The van der Waals surface area contributed by atoms with Crippen molar-refractivity contribution in [1.29, 1.82) is 0 Å². The Morgan fingerprint density at radius 2 is 2.15 bits per heavy atom. The van der Waals surface area contributed by atoms with E-state index in [2.05, 4.69) is 48.2 Å². The Morgan fingerprint density at radius 3 is 2.75 bits per heavy atom. The Kier molecular flexibility index (Phi) is 5.64. The van der Waals surface area contributed by atoms with Crippen molar-refractivity contribution in [2.24, 2.45) is 0 Å². The molecule has 1 atom stereocenters. The maximum atomic E-state index is 4.53. The third-order valence-corrected chi connectivity index (χ3v) is 5.09. The summed E-state index contributed by atoms with van der Waals surface area (Å²) in [5.41, 5.74) is 2.28. The Hall–Kier alpha value is -0.390. The molecule has 2 N–H and O–H groups in total. The number of anilines is 1. The van der Waals surface area contributed by atoms with Crippen LogP contribution in [0.3, 0.4) is 0 Å². The predicted molar refractivity (Wildman–Crippen MR) is 92.0 cm³/mol. The molecule has 2 rings (SSSR count). The van der Waals surface area contributed by atoms with Crippen LogP contribution in [-0.4, -0.2) is 15.0 Å². The number of hydrogen-bond acceptors (Lipinski definition) is 5. The molecule has 0 bridgehead atoms. The molecule has 20 heavy (non-hydrogen) atoms. The average molecular weight is 312 g/mol. The minimum Gasteiger partial charge on any atom is -0.329 e. The number of nitrogens with one attached hydrogen (secondary N) is 2. The van der Waals surface area contributed by atoms with Crippen LogP contribution < -0.4 is 9.44 Å². The monoisotopic (exact) mass is 311 g/mol. The first-order valence-corrected chi connectivity index (χ1v) is 8.98. The van der Waals surface area contributed by atoms with Gasteiger partial charge < -0.3 is 4.72 Å². The Bertz CT molecular complexity index is 427. The average Bonchev–Trinajstić information content (AvgIpc) is 3.20. The van der Waals surface area contributed by atoms with E-state index in [0.29, 0.717) is 6.04 Å². The molecule has 0 radical (unpaired) electrons. The summed E-state index contributed by atoms with van der Waals surface area (Å²) in [7, 11) is 0. The van der Waals surface area contributed by atoms with Gasteiger partial charge in [-0.2, -0.15) is 0 Å². The number of hydrogen-bond donors (Lipinski definition) is 2. The molecule has 0 spiro atoms. The minimum atomic E-state index is 0.213. The van der Waals surface area contributed by atoms with Crippen molar-refractivity contribution in [2.45, 2.75) is 63.0 Å². The summed E-state index contributed by atoms with van der Waals surface area (Å²) in [6, 6.07) is 4.51. The predicted octanol–water partition coefficient (Wildman–Crippen LogP) is 4.79. The highest BCUT2D eigenvalue weighted by Crippen LogP contribution is 2.34. The molecule has 0 amide bonds. The highest BCUT2D eigenvalue weighted by Gasteiger charge is 2.22. The summed E-state index contributed by atoms with van der Waals surface area (Å²) in [5, 5.41) is 0.808. The van der Waals surface area contributed by atoms with Crippen LogP contribution in [0.1, 0.15) is 58.7 Å². The van der Waals surface area contributed by atoms with Gasteiger partial charge in [-0.1, -0.05) is 18.9 Å². The third kappa shape index (κ3) is 5.54. The standard InChI is InChI=1S/C15H25N3S2/c1-5-13(18-20-15(2,3)4)14-10-11(8-9-16-14)17-19-12-6-7-12/h8-10,12-13,18H,5-7H2,1-4H3,(H,16,17). The van der Waals surface area contributed by atoms with Gasteiger partial charge in [-0.25, -0.2) is 0 Å². The molecule has 0 aliphatic heterocycles. The summed E-state index contributed by atoms with van der Waals surface area (Å²) < 4.78 is 7.20. The molecular weight excluding hydrogens is 286 g/mol. The molecular formula is C15H25N3S2. The number of nitrogens with zero attached hydrogens (tertiary/aromatic N) is 1. The first-order valence-electron chi connectivity index (χ1n) is 7.29. The summed E-state index contributed by atoms with van der Waals surface area (Å²) >= 11 is 3.62. The molecule has 1 fully saturated rings. The zero-order valence-corrected chi connectivity index (χ0v) is 14.4. The van der Waals surface area contributed by atoms with Crippen LogP contribution >= 0.6 is 23.9 Å². The first-order chi connectivity index (χ1) is 9.48. The van der Waals surface area contributed by atoms with Crippen LogP contribution in [0.2, 0.25) is 0 Å². The Labute approximate surface area is 131 Å². The molecule has 1 aromatic rings. The van der Waals surface area contributed by atoms with Gasteiger partial charge in [0.15, 0.2) is 0 Å². The van der Waals surface area contributed by atoms with Crippen molar-refractivity contribution in [3.8, 4) is 0 Å². The molecule has 5 heteroatoms. The lowest BCUT2D eigenvalue weighted by Crippen LogP contribution is -2.22. The minimum absolute atomic E-state index is 0.213. The van der Waals surface area contributed by atoms with Crippen LogP contribution in [-0.2, 0) is 0 Å². The van der Waals surface area contributed by atoms with E-state index >= 15 is 0 Å². The van der Waals surface area contributed by atoms with Gasteiger partial charge in [0.2, 0.25) is 0 Å². The molecule has 1 unspecified atom stereocenters. The quantitative estimate of drug-likeness (QED) is 0.708. The second-order valence-corrected chi connectivity index (χ2v) is 8.95. The van der Waals surface area contributed by atoms with Crippen LogP contribution in [0.4, 0.5) is 5.69 Å². The fourth-order valence-corrected chi connectivity index (χ4v) is 3.23. The van der Waals surface area contributed by atoms with E-state index in [0.717, 1.165) is 23.1 Å². The normalized spacial score (nSPS) is 17.0. The Morgan fingerprint density at radius 1 is 1.40 bits per heavy atom. The van der Waals surface area contributed by atoms with Crippen molar-refractivity contribution in [2.75, 3.05) is 4.72 Å². The highest BCUT2D eigenvalue weighted by atomic mass is 32.2. The van der Waals surface area contributed by atoms with E-state index in [1.54, 1.807) is 11.9 Å².